The Morgan fingerprint density at radius 1 is 1.06 bits per heavy atom. The van der Waals surface area contributed by atoms with Crippen LogP contribution in [-0.2, 0) is 10.0 Å². The molecule has 0 aliphatic heterocycles. The molecule has 2 aromatic carbocycles. The minimum atomic E-state index is -3.14. The maximum atomic E-state index is 11.3. The van der Waals surface area contributed by atoms with E-state index in [-0.39, 0.29) is 5.75 Å². The zero-order chi connectivity index (χ0) is 13.0. The van der Waals surface area contributed by atoms with E-state index in [4.69, 9.17) is 0 Å². The van der Waals surface area contributed by atoms with E-state index in [9.17, 15) is 8.42 Å². The Hall–Kier alpha value is -1.59. The third-order valence-corrected chi connectivity index (χ3v) is 4.12. The SMILES string of the molecule is CNS(=O)(=O)CCNc1ccc2ccccc2c1. The summed E-state index contributed by atoms with van der Waals surface area (Å²) in [5.41, 5.74) is 0.931. The second-order valence-corrected chi connectivity index (χ2v) is 6.06. The van der Waals surface area contributed by atoms with Crippen LogP contribution in [0.2, 0.25) is 0 Å². The fourth-order valence-electron chi connectivity index (χ4n) is 1.73. The molecular formula is C13H16N2O2S. The molecule has 96 valence electrons. The molecule has 0 heterocycles. The van der Waals surface area contributed by atoms with Crippen molar-refractivity contribution in [1.29, 1.82) is 0 Å². The monoisotopic (exact) mass is 264 g/mol. The minimum Gasteiger partial charge on any atom is -0.384 e. The Bertz CT molecular complexity index is 638. The van der Waals surface area contributed by atoms with Crippen molar-refractivity contribution in [3.8, 4) is 0 Å². The fraction of sp³-hybridized carbons (Fsp3) is 0.231. The Balaban J connectivity index is 2.04. The standard InChI is InChI=1S/C13H16N2O2S/c1-14-18(16,17)9-8-15-13-7-6-11-4-2-3-5-12(11)10-13/h2-7,10,14-15H,8-9H2,1H3. The van der Waals surface area contributed by atoms with Crippen LogP contribution in [0.15, 0.2) is 42.5 Å². The van der Waals surface area contributed by atoms with Gasteiger partial charge < -0.3 is 5.32 Å². The van der Waals surface area contributed by atoms with Crippen LogP contribution in [0, 0.1) is 0 Å². The van der Waals surface area contributed by atoms with E-state index in [1.807, 2.05) is 42.5 Å². The highest BCUT2D eigenvalue weighted by atomic mass is 32.2. The highest BCUT2D eigenvalue weighted by Gasteiger charge is 2.05. The highest BCUT2D eigenvalue weighted by molar-refractivity contribution is 7.89. The lowest BCUT2D eigenvalue weighted by molar-refractivity contribution is 0.588. The van der Waals surface area contributed by atoms with Crippen LogP contribution in [0.25, 0.3) is 10.8 Å². The molecule has 0 saturated heterocycles. The summed E-state index contributed by atoms with van der Waals surface area (Å²) in [5, 5.41) is 5.42. The molecule has 0 unspecified atom stereocenters. The van der Waals surface area contributed by atoms with Crippen molar-refractivity contribution in [2.75, 3.05) is 24.7 Å². The first-order valence-corrected chi connectivity index (χ1v) is 7.40. The first-order valence-electron chi connectivity index (χ1n) is 5.75. The molecule has 2 N–H and O–H groups in total. The maximum Gasteiger partial charge on any atom is 0.213 e. The van der Waals surface area contributed by atoms with Gasteiger partial charge in [0.1, 0.15) is 0 Å². The van der Waals surface area contributed by atoms with Gasteiger partial charge in [-0.3, -0.25) is 0 Å². The fourth-order valence-corrected chi connectivity index (χ4v) is 2.31. The number of fused-ring (bicyclic) bond motifs is 1. The number of anilines is 1. The predicted molar refractivity (Wildman–Crippen MR) is 75.3 cm³/mol. The lowest BCUT2D eigenvalue weighted by atomic mass is 10.1. The van der Waals surface area contributed by atoms with Crippen LogP contribution >= 0.6 is 0 Å². The first kappa shape index (κ1) is 12.9. The van der Waals surface area contributed by atoms with Gasteiger partial charge in [-0.1, -0.05) is 30.3 Å². The average Bonchev–Trinajstić information content (AvgIpc) is 2.38. The number of hydrogen-bond acceptors (Lipinski definition) is 3. The summed E-state index contributed by atoms with van der Waals surface area (Å²) in [7, 11) is -1.72. The minimum absolute atomic E-state index is 0.0658. The summed E-state index contributed by atoms with van der Waals surface area (Å²) in [6.45, 7) is 0.390. The van der Waals surface area contributed by atoms with E-state index in [1.54, 1.807) is 0 Å². The van der Waals surface area contributed by atoms with Gasteiger partial charge >= 0.3 is 0 Å². The van der Waals surface area contributed by atoms with Gasteiger partial charge in [-0.2, -0.15) is 0 Å². The van der Waals surface area contributed by atoms with Crippen LogP contribution in [0.5, 0.6) is 0 Å². The summed E-state index contributed by atoms with van der Waals surface area (Å²) in [6, 6.07) is 14.0. The summed E-state index contributed by atoms with van der Waals surface area (Å²) in [5.74, 6) is 0.0658. The molecule has 0 aromatic heterocycles. The summed E-state index contributed by atoms with van der Waals surface area (Å²) < 4.78 is 24.8. The van der Waals surface area contributed by atoms with Crippen molar-refractivity contribution in [3.05, 3.63) is 42.5 Å². The lowest BCUT2D eigenvalue weighted by Gasteiger charge is -2.07. The van der Waals surface area contributed by atoms with Crippen molar-refractivity contribution in [2.45, 2.75) is 0 Å². The third kappa shape index (κ3) is 3.21. The van der Waals surface area contributed by atoms with E-state index in [0.29, 0.717) is 6.54 Å². The summed E-state index contributed by atoms with van der Waals surface area (Å²) in [4.78, 5) is 0. The molecule has 0 atom stereocenters. The molecule has 0 aliphatic rings. The zero-order valence-corrected chi connectivity index (χ0v) is 11.0. The van der Waals surface area contributed by atoms with Crippen molar-refractivity contribution in [3.63, 3.8) is 0 Å². The summed E-state index contributed by atoms with van der Waals surface area (Å²) in [6.07, 6.45) is 0. The normalized spacial score (nSPS) is 11.6. The Kier molecular flexibility index (Phi) is 3.84. The Labute approximate surface area is 107 Å². The molecule has 0 fully saturated rings. The van der Waals surface area contributed by atoms with Crippen molar-refractivity contribution in [2.24, 2.45) is 0 Å². The molecule has 0 aliphatic carbocycles. The Morgan fingerprint density at radius 3 is 2.50 bits per heavy atom. The summed E-state index contributed by atoms with van der Waals surface area (Å²) >= 11 is 0. The average molecular weight is 264 g/mol. The topological polar surface area (TPSA) is 58.2 Å². The third-order valence-electron chi connectivity index (χ3n) is 2.76. The van der Waals surface area contributed by atoms with Crippen LogP contribution in [-0.4, -0.2) is 27.8 Å². The molecule has 0 amide bonds. The second kappa shape index (κ2) is 5.37. The smallest absolute Gasteiger partial charge is 0.213 e. The van der Waals surface area contributed by atoms with Gasteiger partial charge in [0.2, 0.25) is 10.0 Å². The molecule has 0 spiro atoms. The van der Waals surface area contributed by atoms with Gasteiger partial charge in [-0.05, 0) is 30.0 Å². The van der Waals surface area contributed by atoms with Crippen LogP contribution in [0.4, 0.5) is 5.69 Å². The molecule has 0 radical (unpaired) electrons. The van der Waals surface area contributed by atoms with Gasteiger partial charge in [0.15, 0.2) is 0 Å². The number of hydrogen-bond donors (Lipinski definition) is 2. The van der Waals surface area contributed by atoms with E-state index >= 15 is 0 Å². The van der Waals surface area contributed by atoms with Crippen LogP contribution in [0.3, 0.4) is 0 Å². The first-order chi connectivity index (χ1) is 8.61. The maximum absolute atomic E-state index is 11.3. The number of nitrogens with one attached hydrogen (secondary N) is 2. The number of benzene rings is 2. The molecule has 0 bridgehead atoms. The predicted octanol–water partition coefficient (Wildman–Crippen LogP) is 1.80. The van der Waals surface area contributed by atoms with Crippen molar-refractivity contribution < 1.29 is 8.42 Å². The molecule has 18 heavy (non-hydrogen) atoms. The lowest BCUT2D eigenvalue weighted by Crippen LogP contribution is -2.26. The van der Waals surface area contributed by atoms with Crippen LogP contribution in [0.1, 0.15) is 0 Å². The quantitative estimate of drug-likeness (QED) is 0.865. The largest absolute Gasteiger partial charge is 0.384 e. The van der Waals surface area contributed by atoms with Gasteiger partial charge in [0.05, 0.1) is 5.75 Å². The second-order valence-electron chi connectivity index (χ2n) is 4.01. The number of rotatable bonds is 5. The van der Waals surface area contributed by atoms with Gasteiger partial charge in [-0.15, -0.1) is 0 Å². The van der Waals surface area contributed by atoms with E-state index in [0.717, 1.165) is 11.1 Å². The van der Waals surface area contributed by atoms with E-state index in [1.165, 1.54) is 12.4 Å². The molecule has 2 rings (SSSR count). The molecule has 5 heteroatoms. The van der Waals surface area contributed by atoms with E-state index in [2.05, 4.69) is 10.0 Å². The van der Waals surface area contributed by atoms with Gasteiger partial charge in [0.25, 0.3) is 0 Å². The van der Waals surface area contributed by atoms with E-state index < -0.39 is 10.0 Å². The zero-order valence-electron chi connectivity index (χ0n) is 10.2. The molecule has 2 aromatic rings. The highest BCUT2D eigenvalue weighted by Crippen LogP contribution is 2.18. The Morgan fingerprint density at radius 2 is 1.78 bits per heavy atom. The molecule has 4 nitrogen and oxygen atoms in total. The number of sulfonamides is 1. The van der Waals surface area contributed by atoms with Gasteiger partial charge in [-0.25, -0.2) is 13.1 Å². The van der Waals surface area contributed by atoms with Crippen molar-refractivity contribution >= 4 is 26.5 Å². The van der Waals surface area contributed by atoms with Crippen LogP contribution < -0.4 is 10.0 Å². The molecule has 0 saturated carbocycles. The van der Waals surface area contributed by atoms with Crippen molar-refractivity contribution in [1.82, 2.24) is 4.72 Å². The van der Waals surface area contributed by atoms with Gasteiger partial charge in [0, 0.05) is 12.2 Å². The molecular weight excluding hydrogens is 248 g/mol.